The van der Waals surface area contributed by atoms with Crippen LogP contribution in [0.3, 0.4) is 0 Å². The Bertz CT molecular complexity index is 712. The molecule has 2 aromatic rings. The number of carbonyl (C=O) groups excluding carboxylic acids is 2. The van der Waals surface area contributed by atoms with Gasteiger partial charge in [0.15, 0.2) is 0 Å². The molecule has 0 aromatic heterocycles. The maximum absolute atomic E-state index is 11.8. The van der Waals surface area contributed by atoms with Crippen molar-refractivity contribution in [3.63, 3.8) is 0 Å². The molecule has 1 N–H and O–H groups in total. The van der Waals surface area contributed by atoms with Crippen LogP contribution in [0.4, 0.5) is 0 Å². The molecule has 0 aliphatic carbocycles. The Morgan fingerprint density at radius 2 is 1.86 bits per heavy atom. The van der Waals surface area contributed by atoms with Crippen molar-refractivity contribution in [2.24, 2.45) is 5.10 Å². The Kier molecular flexibility index (Phi) is 5.27. The van der Waals surface area contributed by atoms with Gasteiger partial charge in [0.1, 0.15) is 0 Å². The zero-order valence-corrected chi connectivity index (χ0v) is 12.5. The predicted molar refractivity (Wildman–Crippen MR) is 84.3 cm³/mol. The maximum Gasteiger partial charge on any atom is 0.337 e. The van der Waals surface area contributed by atoms with E-state index in [1.54, 1.807) is 48.5 Å². The average Bonchev–Trinajstić information content (AvgIpc) is 2.54. The number of nitrogens with zero attached hydrogens (tertiary/aromatic N) is 1. The van der Waals surface area contributed by atoms with Gasteiger partial charge >= 0.3 is 5.97 Å². The van der Waals surface area contributed by atoms with Crippen molar-refractivity contribution in [3.05, 3.63) is 70.2 Å². The summed E-state index contributed by atoms with van der Waals surface area (Å²) < 4.78 is 4.61. The van der Waals surface area contributed by atoms with Gasteiger partial charge in [-0.15, -0.1) is 0 Å². The Balaban J connectivity index is 1.97. The number of hydrogen-bond acceptors (Lipinski definition) is 4. The molecule has 112 valence electrons. The lowest BCUT2D eigenvalue weighted by molar-refractivity contribution is 0.0600. The summed E-state index contributed by atoms with van der Waals surface area (Å²) in [6.45, 7) is 0. The fourth-order valence-corrected chi connectivity index (χ4v) is 1.87. The van der Waals surface area contributed by atoms with E-state index in [2.05, 4.69) is 15.3 Å². The summed E-state index contributed by atoms with van der Waals surface area (Å²) in [5.41, 5.74) is 4.01. The number of rotatable bonds is 4. The second-order valence-corrected chi connectivity index (χ2v) is 4.76. The van der Waals surface area contributed by atoms with Gasteiger partial charge in [0, 0.05) is 10.6 Å². The second-order valence-electron chi connectivity index (χ2n) is 4.32. The van der Waals surface area contributed by atoms with Crippen LogP contribution in [0, 0.1) is 0 Å². The van der Waals surface area contributed by atoms with E-state index in [1.165, 1.54) is 13.3 Å². The number of esters is 1. The van der Waals surface area contributed by atoms with E-state index in [9.17, 15) is 9.59 Å². The normalized spacial score (nSPS) is 10.5. The Hall–Kier alpha value is -2.66. The van der Waals surface area contributed by atoms with E-state index in [4.69, 9.17) is 11.6 Å². The third-order valence-electron chi connectivity index (χ3n) is 2.80. The van der Waals surface area contributed by atoms with E-state index < -0.39 is 5.97 Å². The molecule has 6 heteroatoms. The quantitative estimate of drug-likeness (QED) is 0.536. The van der Waals surface area contributed by atoms with E-state index in [1.807, 2.05) is 0 Å². The molecule has 1 amide bonds. The van der Waals surface area contributed by atoms with Crippen LogP contribution in [0.25, 0.3) is 0 Å². The highest BCUT2D eigenvalue weighted by Gasteiger charge is 2.05. The minimum Gasteiger partial charge on any atom is -0.465 e. The molecule has 0 saturated heterocycles. The largest absolute Gasteiger partial charge is 0.465 e. The van der Waals surface area contributed by atoms with E-state index in [0.29, 0.717) is 16.1 Å². The molecule has 0 radical (unpaired) electrons. The van der Waals surface area contributed by atoms with Crippen molar-refractivity contribution in [3.8, 4) is 0 Å². The van der Waals surface area contributed by atoms with Gasteiger partial charge < -0.3 is 4.74 Å². The minimum absolute atomic E-state index is 0.357. The SMILES string of the molecule is COC(=O)c1ccc(/C=N\NC(=O)c2cccc(Cl)c2)cc1. The van der Waals surface area contributed by atoms with Crippen molar-refractivity contribution in [1.29, 1.82) is 0 Å². The highest BCUT2D eigenvalue weighted by atomic mass is 35.5. The highest BCUT2D eigenvalue weighted by Crippen LogP contribution is 2.10. The number of halogens is 1. The van der Waals surface area contributed by atoms with Crippen LogP contribution in [0.15, 0.2) is 53.6 Å². The molecular weight excluding hydrogens is 304 g/mol. The number of carbonyl (C=O) groups is 2. The minimum atomic E-state index is -0.405. The van der Waals surface area contributed by atoms with Crippen molar-refractivity contribution in [1.82, 2.24) is 5.43 Å². The standard InChI is InChI=1S/C16H13ClN2O3/c1-22-16(21)12-7-5-11(6-8-12)10-18-19-15(20)13-3-2-4-14(17)9-13/h2-10H,1H3,(H,19,20)/b18-10-. The molecule has 0 atom stereocenters. The number of amides is 1. The second kappa shape index (κ2) is 7.38. The van der Waals surface area contributed by atoms with Gasteiger partial charge in [-0.3, -0.25) is 4.79 Å². The summed E-state index contributed by atoms with van der Waals surface area (Å²) in [4.78, 5) is 23.1. The average molecular weight is 317 g/mol. The van der Waals surface area contributed by atoms with Gasteiger partial charge in [-0.2, -0.15) is 5.10 Å². The van der Waals surface area contributed by atoms with Crippen LogP contribution in [0.2, 0.25) is 5.02 Å². The monoisotopic (exact) mass is 316 g/mol. The van der Waals surface area contributed by atoms with Gasteiger partial charge in [-0.05, 0) is 35.9 Å². The van der Waals surface area contributed by atoms with Gasteiger partial charge in [0.2, 0.25) is 0 Å². The number of nitrogens with one attached hydrogen (secondary N) is 1. The molecule has 0 aliphatic heterocycles. The fourth-order valence-electron chi connectivity index (χ4n) is 1.68. The lowest BCUT2D eigenvalue weighted by atomic mass is 10.1. The number of methoxy groups -OCH3 is 1. The summed E-state index contributed by atoms with van der Waals surface area (Å²) in [6.07, 6.45) is 1.48. The third-order valence-corrected chi connectivity index (χ3v) is 3.03. The number of benzene rings is 2. The number of hydrazone groups is 1. The molecule has 0 fully saturated rings. The molecule has 0 bridgehead atoms. The molecular formula is C16H13ClN2O3. The van der Waals surface area contributed by atoms with E-state index in [0.717, 1.165) is 5.56 Å². The molecule has 0 saturated carbocycles. The van der Waals surface area contributed by atoms with E-state index in [-0.39, 0.29) is 5.91 Å². The topological polar surface area (TPSA) is 67.8 Å². The lowest BCUT2D eigenvalue weighted by Gasteiger charge is -2.01. The first-order valence-electron chi connectivity index (χ1n) is 6.37. The van der Waals surface area contributed by atoms with Crippen molar-refractivity contribution >= 4 is 29.7 Å². The zero-order valence-electron chi connectivity index (χ0n) is 11.7. The van der Waals surface area contributed by atoms with Crippen LogP contribution in [-0.2, 0) is 4.74 Å². The van der Waals surface area contributed by atoms with Crippen molar-refractivity contribution in [2.45, 2.75) is 0 Å². The molecule has 5 nitrogen and oxygen atoms in total. The highest BCUT2D eigenvalue weighted by molar-refractivity contribution is 6.30. The molecule has 22 heavy (non-hydrogen) atoms. The van der Waals surface area contributed by atoms with Gasteiger partial charge in [-0.1, -0.05) is 29.8 Å². The van der Waals surface area contributed by atoms with Gasteiger partial charge in [0.25, 0.3) is 5.91 Å². The number of ether oxygens (including phenoxy) is 1. The number of hydrogen-bond donors (Lipinski definition) is 1. The van der Waals surface area contributed by atoms with Crippen LogP contribution in [0.5, 0.6) is 0 Å². The first-order valence-corrected chi connectivity index (χ1v) is 6.75. The molecule has 0 spiro atoms. The summed E-state index contributed by atoms with van der Waals surface area (Å²) in [5, 5.41) is 4.34. The molecule has 0 aliphatic rings. The van der Waals surface area contributed by atoms with Gasteiger partial charge in [-0.25, -0.2) is 10.2 Å². The van der Waals surface area contributed by atoms with E-state index >= 15 is 0 Å². The lowest BCUT2D eigenvalue weighted by Crippen LogP contribution is -2.17. The van der Waals surface area contributed by atoms with Crippen LogP contribution in [0.1, 0.15) is 26.3 Å². The van der Waals surface area contributed by atoms with Crippen molar-refractivity contribution < 1.29 is 14.3 Å². The molecule has 0 heterocycles. The Morgan fingerprint density at radius 1 is 1.14 bits per heavy atom. The summed E-state index contributed by atoms with van der Waals surface area (Å²) >= 11 is 5.81. The van der Waals surface area contributed by atoms with Crippen LogP contribution >= 0.6 is 11.6 Å². The Labute approximate surface area is 132 Å². The van der Waals surface area contributed by atoms with Gasteiger partial charge in [0.05, 0.1) is 18.9 Å². The predicted octanol–water partition coefficient (Wildman–Crippen LogP) is 2.89. The van der Waals surface area contributed by atoms with Crippen LogP contribution < -0.4 is 5.43 Å². The van der Waals surface area contributed by atoms with Crippen molar-refractivity contribution in [2.75, 3.05) is 7.11 Å². The van der Waals surface area contributed by atoms with Crippen LogP contribution in [-0.4, -0.2) is 25.2 Å². The summed E-state index contributed by atoms with van der Waals surface area (Å²) in [6, 6.07) is 13.2. The first-order chi connectivity index (χ1) is 10.6. The first kappa shape index (κ1) is 15.7. The summed E-state index contributed by atoms with van der Waals surface area (Å²) in [5.74, 6) is -0.761. The molecule has 0 unspecified atom stereocenters. The third kappa shape index (κ3) is 4.17. The summed E-state index contributed by atoms with van der Waals surface area (Å²) in [7, 11) is 1.32. The maximum atomic E-state index is 11.8. The molecule has 2 aromatic carbocycles. The fraction of sp³-hybridized carbons (Fsp3) is 0.0625. The zero-order chi connectivity index (χ0) is 15.9. The Morgan fingerprint density at radius 3 is 2.50 bits per heavy atom. The smallest absolute Gasteiger partial charge is 0.337 e. The molecule has 2 rings (SSSR count).